The highest BCUT2D eigenvalue weighted by Crippen LogP contribution is 2.31. The van der Waals surface area contributed by atoms with Gasteiger partial charge in [0.2, 0.25) is 0 Å². The molecule has 3 aromatic rings. The fourth-order valence-electron chi connectivity index (χ4n) is 4.28. The van der Waals surface area contributed by atoms with Crippen LogP contribution >= 0.6 is 0 Å². The molecule has 2 atom stereocenters. The van der Waals surface area contributed by atoms with E-state index in [1.807, 2.05) is 10.6 Å². The van der Waals surface area contributed by atoms with Crippen LogP contribution in [-0.4, -0.2) is 49.8 Å². The van der Waals surface area contributed by atoms with Crippen molar-refractivity contribution in [2.75, 3.05) is 26.2 Å². The van der Waals surface area contributed by atoms with Crippen LogP contribution in [-0.2, 0) is 20.6 Å². The molecule has 0 bridgehead atoms. The van der Waals surface area contributed by atoms with Gasteiger partial charge in [0.25, 0.3) is 5.56 Å². The van der Waals surface area contributed by atoms with Crippen molar-refractivity contribution < 1.29 is 0 Å². The number of nitrogens with two attached hydrogens (primary N) is 1. The minimum Gasteiger partial charge on any atom is -0.330 e. The fraction of sp³-hybridized carbons (Fsp3) is 0.450. The first-order valence-electron chi connectivity index (χ1n) is 9.59. The van der Waals surface area contributed by atoms with Gasteiger partial charge in [-0.2, -0.15) is 0 Å². The van der Waals surface area contributed by atoms with Crippen LogP contribution in [0.2, 0.25) is 0 Å². The predicted octanol–water partition coefficient (Wildman–Crippen LogP) is 0.108. The molecule has 0 saturated carbocycles. The van der Waals surface area contributed by atoms with Crippen LogP contribution in [0.4, 0.5) is 0 Å². The lowest BCUT2D eigenvalue weighted by atomic mass is 9.89. The van der Waals surface area contributed by atoms with Gasteiger partial charge in [0.15, 0.2) is 11.2 Å². The van der Waals surface area contributed by atoms with Crippen LogP contribution < -0.4 is 17.0 Å². The number of rotatable bonds is 5. The Kier molecular flexibility index (Phi) is 4.91. The van der Waals surface area contributed by atoms with Gasteiger partial charge in [0, 0.05) is 46.2 Å². The maximum absolute atomic E-state index is 12.6. The Morgan fingerprint density at radius 3 is 2.54 bits per heavy atom. The molecule has 1 aliphatic heterocycles. The molecule has 0 radical (unpaired) electrons. The van der Waals surface area contributed by atoms with Crippen molar-refractivity contribution in [1.29, 1.82) is 0 Å². The summed E-state index contributed by atoms with van der Waals surface area (Å²) in [5.74, 6) is 0.857. The third kappa shape index (κ3) is 3.08. The summed E-state index contributed by atoms with van der Waals surface area (Å²) in [4.78, 5) is 31.3. The van der Waals surface area contributed by atoms with E-state index < -0.39 is 0 Å². The number of benzene rings is 1. The van der Waals surface area contributed by atoms with E-state index >= 15 is 0 Å². The van der Waals surface area contributed by atoms with Gasteiger partial charge < -0.3 is 15.2 Å². The first-order chi connectivity index (χ1) is 13.5. The quantitative estimate of drug-likeness (QED) is 0.676. The third-order valence-corrected chi connectivity index (χ3v) is 5.92. The van der Waals surface area contributed by atoms with E-state index in [-0.39, 0.29) is 11.2 Å². The first-order valence-corrected chi connectivity index (χ1v) is 9.59. The SMILES string of the molecule is Cn1c(=O)c2c(ncn2CCN2C[C@@H](CN)[C@H](c3ccccc3)C2)n(C)c1=O. The Morgan fingerprint density at radius 2 is 1.82 bits per heavy atom. The summed E-state index contributed by atoms with van der Waals surface area (Å²) in [6.45, 7) is 4.00. The van der Waals surface area contributed by atoms with E-state index in [1.54, 1.807) is 13.4 Å². The number of hydrogen-bond donors (Lipinski definition) is 1. The topological polar surface area (TPSA) is 91.1 Å². The minimum absolute atomic E-state index is 0.306. The molecule has 2 N–H and O–H groups in total. The summed E-state index contributed by atoms with van der Waals surface area (Å²) in [6.07, 6.45) is 1.65. The predicted molar refractivity (Wildman–Crippen MR) is 108 cm³/mol. The molecule has 1 aliphatic rings. The number of nitrogens with zero attached hydrogens (tertiary/aromatic N) is 5. The highest BCUT2D eigenvalue weighted by atomic mass is 16.2. The second-order valence-corrected chi connectivity index (χ2v) is 7.59. The van der Waals surface area contributed by atoms with Gasteiger partial charge in [-0.15, -0.1) is 0 Å². The van der Waals surface area contributed by atoms with Crippen LogP contribution in [0.25, 0.3) is 11.2 Å². The molecule has 148 valence electrons. The zero-order valence-electron chi connectivity index (χ0n) is 16.3. The Hall–Kier alpha value is -2.71. The monoisotopic (exact) mass is 382 g/mol. The molecule has 8 heteroatoms. The average Bonchev–Trinajstić information content (AvgIpc) is 3.34. The van der Waals surface area contributed by atoms with Crippen LogP contribution in [0.3, 0.4) is 0 Å². The summed E-state index contributed by atoms with van der Waals surface area (Å²) in [5.41, 5.74) is 7.60. The molecule has 2 aromatic heterocycles. The minimum atomic E-state index is -0.362. The molecule has 0 spiro atoms. The summed E-state index contributed by atoms with van der Waals surface area (Å²) >= 11 is 0. The second-order valence-electron chi connectivity index (χ2n) is 7.59. The molecule has 28 heavy (non-hydrogen) atoms. The normalized spacial score (nSPS) is 20.2. The van der Waals surface area contributed by atoms with Crippen LogP contribution in [0, 0.1) is 5.92 Å². The third-order valence-electron chi connectivity index (χ3n) is 5.92. The van der Waals surface area contributed by atoms with Crippen molar-refractivity contribution in [3.8, 4) is 0 Å². The molecule has 0 amide bonds. The van der Waals surface area contributed by atoms with Gasteiger partial charge in [-0.25, -0.2) is 9.78 Å². The van der Waals surface area contributed by atoms with E-state index in [9.17, 15) is 9.59 Å². The zero-order valence-corrected chi connectivity index (χ0v) is 16.3. The fourth-order valence-corrected chi connectivity index (χ4v) is 4.28. The van der Waals surface area contributed by atoms with Gasteiger partial charge in [0.05, 0.1) is 6.33 Å². The van der Waals surface area contributed by atoms with Crippen LogP contribution in [0.15, 0.2) is 46.2 Å². The molecule has 1 fully saturated rings. The zero-order chi connectivity index (χ0) is 19.8. The van der Waals surface area contributed by atoms with Crippen molar-refractivity contribution in [2.24, 2.45) is 25.7 Å². The molecular formula is C20H26N6O2. The first kappa shape index (κ1) is 18.6. The Morgan fingerprint density at radius 1 is 1.07 bits per heavy atom. The molecule has 3 heterocycles. The number of hydrogen-bond acceptors (Lipinski definition) is 5. The highest BCUT2D eigenvalue weighted by molar-refractivity contribution is 5.69. The van der Waals surface area contributed by atoms with Crippen molar-refractivity contribution in [3.05, 3.63) is 63.1 Å². The average molecular weight is 382 g/mol. The van der Waals surface area contributed by atoms with Crippen LogP contribution in [0.1, 0.15) is 11.5 Å². The van der Waals surface area contributed by atoms with Gasteiger partial charge in [-0.3, -0.25) is 13.9 Å². The van der Waals surface area contributed by atoms with E-state index in [4.69, 9.17) is 5.73 Å². The van der Waals surface area contributed by atoms with Gasteiger partial charge in [0.1, 0.15) is 0 Å². The maximum Gasteiger partial charge on any atom is 0.332 e. The second kappa shape index (κ2) is 7.37. The Labute approximate surface area is 162 Å². The summed E-state index contributed by atoms with van der Waals surface area (Å²) in [5, 5.41) is 0. The Bertz CT molecular complexity index is 1100. The van der Waals surface area contributed by atoms with Crippen molar-refractivity contribution in [1.82, 2.24) is 23.6 Å². The lowest BCUT2D eigenvalue weighted by molar-refractivity contribution is 0.311. The van der Waals surface area contributed by atoms with Gasteiger partial charge in [-0.1, -0.05) is 30.3 Å². The maximum atomic E-state index is 12.6. The summed E-state index contributed by atoms with van der Waals surface area (Å²) in [7, 11) is 3.14. The van der Waals surface area contributed by atoms with E-state index in [0.29, 0.717) is 36.1 Å². The molecule has 4 rings (SSSR count). The van der Waals surface area contributed by atoms with Gasteiger partial charge >= 0.3 is 5.69 Å². The van der Waals surface area contributed by atoms with E-state index in [0.717, 1.165) is 24.2 Å². The summed E-state index contributed by atoms with van der Waals surface area (Å²) < 4.78 is 4.40. The standard InChI is InChI=1S/C20H26N6O2/c1-23-18-17(19(27)24(2)20(23)28)26(13-22-18)9-8-25-11-15(10-21)16(12-25)14-6-4-3-5-7-14/h3-7,13,15-16H,8-12,21H2,1-2H3/t15-,16+/m1/s1. The molecule has 0 unspecified atom stereocenters. The lowest BCUT2D eigenvalue weighted by Crippen LogP contribution is -2.37. The van der Waals surface area contributed by atoms with Crippen LogP contribution in [0.5, 0.6) is 0 Å². The molecular weight excluding hydrogens is 356 g/mol. The van der Waals surface area contributed by atoms with E-state index in [2.05, 4.69) is 34.1 Å². The highest BCUT2D eigenvalue weighted by Gasteiger charge is 2.32. The van der Waals surface area contributed by atoms with Crippen molar-refractivity contribution in [2.45, 2.75) is 12.5 Å². The van der Waals surface area contributed by atoms with Crippen molar-refractivity contribution >= 4 is 11.2 Å². The lowest BCUT2D eigenvalue weighted by Gasteiger charge is -2.17. The molecule has 1 aromatic carbocycles. The number of aromatic nitrogens is 4. The van der Waals surface area contributed by atoms with Crippen molar-refractivity contribution in [3.63, 3.8) is 0 Å². The number of imidazole rings is 1. The molecule has 0 aliphatic carbocycles. The number of likely N-dealkylation sites (tertiary alicyclic amines) is 1. The molecule has 1 saturated heterocycles. The summed E-state index contributed by atoms with van der Waals surface area (Å²) in [6, 6.07) is 10.5. The largest absolute Gasteiger partial charge is 0.332 e. The van der Waals surface area contributed by atoms with E-state index in [1.165, 1.54) is 17.2 Å². The molecule has 8 nitrogen and oxygen atoms in total. The van der Waals surface area contributed by atoms with Gasteiger partial charge in [-0.05, 0) is 18.0 Å². The number of aryl methyl sites for hydroxylation is 1. The number of fused-ring (bicyclic) bond motifs is 1. The smallest absolute Gasteiger partial charge is 0.330 e. The Balaban J connectivity index is 1.54.